The second-order valence-electron chi connectivity index (χ2n) is 6.53. The van der Waals surface area contributed by atoms with Gasteiger partial charge in [-0.2, -0.15) is 0 Å². The van der Waals surface area contributed by atoms with Crippen molar-refractivity contribution in [2.75, 3.05) is 18.4 Å². The van der Waals surface area contributed by atoms with Gasteiger partial charge in [0.05, 0.1) is 16.7 Å². The van der Waals surface area contributed by atoms with Gasteiger partial charge in [0.15, 0.2) is 11.6 Å². The fourth-order valence-corrected chi connectivity index (χ4v) is 3.93. The van der Waals surface area contributed by atoms with Crippen molar-refractivity contribution in [3.63, 3.8) is 0 Å². The van der Waals surface area contributed by atoms with Crippen LogP contribution in [0.15, 0.2) is 76.2 Å². The molecule has 0 spiro atoms. The van der Waals surface area contributed by atoms with E-state index in [-0.39, 0.29) is 11.4 Å². The molecule has 2 aromatic carbocycles. The van der Waals surface area contributed by atoms with Gasteiger partial charge in [-0.25, -0.2) is 23.1 Å². The largest absolute Gasteiger partial charge is 0.461 e. The van der Waals surface area contributed by atoms with Crippen molar-refractivity contribution >= 4 is 26.7 Å². The number of nitrogens with zero attached hydrogens (tertiary/aromatic N) is 2. The van der Waals surface area contributed by atoms with E-state index < -0.39 is 10.0 Å². The van der Waals surface area contributed by atoms with Crippen LogP contribution in [0.3, 0.4) is 0 Å². The number of anilines is 1. The zero-order valence-electron chi connectivity index (χ0n) is 15.8. The first-order valence-corrected chi connectivity index (χ1v) is 10.6. The van der Waals surface area contributed by atoms with E-state index in [1.807, 2.05) is 31.2 Å². The van der Waals surface area contributed by atoms with Crippen LogP contribution in [0.2, 0.25) is 0 Å². The molecule has 4 rings (SSSR count). The Bertz CT molecular complexity index is 1220. The first-order chi connectivity index (χ1) is 14.0. The number of nitrogens with one attached hydrogen (secondary N) is 2. The minimum absolute atomic E-state index is 0.213. The third-order valence-corrected chi connectivity index (χ3v) is 5.86. The van der Waals surface area contributed by atoms with E-state index in [9.17, 15) is 8.42 Å². The number of sulfonamides is 1. The first-order valence-electron chi connectivity index (χ1n) is 9.14. The molecule has 2 heterocycles. The normalized spacial score (nSPS) is 11.6. The molecule has 0 atom stereocenters. The molecular formula is C21H20N4O3S. The Hall–Kier alpha value is -3.23. The Kier molecular flexibility index (Phi) is 5.28. The van der Waals surface area contributed by atoms with Gasteiger partial charge in [-0.15, -0.1) is 0 Å². The summed E-state index contributed by atoms with van der Waals surface area (Å²) in [6, 6.07) is 17.9. The molecule has 2 N–H and O–H groups in total. The quantitative estimate of drug-likeness (QED) is 0.454. The van der Waals surface area contributed by atoms with E-state index in [1.54, 1.807) is 42.7 Å². The highest BCUT2D eigenvalue weighted by Gasteiger charge is 2.14. The molecule has 0 unspecified atom stereocenters. The highest BCUT2D eigenvalue weighted by atomic mass is 32.2. The van der Waals surface area contributed by atoms with Crippen LogP contribution in [-0.2, 0) is 10.0 Å². The second-order valence-corrected chi connectivity index (χ2v) is 8.29. The lowest BCUT2D eigenvalue weighted by atomic mass is 10.2. The number of rotatable bonds is 7. The maximum absolute atomic E-state index is 12.4. The van der Waals surface area contributed by atoms with Crippen molar-refractivity contribution in [2.45, 2.75) is 11.8 Å². The topological polar surface area (TPSA) is 97.1 Å². The Morgan fingerprint density at radius 1 is 0.931 bits per heavy atom. The number of aromatic nitrogens is 2. The van der Waals surface area contributed by atoms with Gasteiger partial charge in [0.2, 0.25) is 10.0 Å². The minimum Gasteiger partial charge on any atom is -0.461 e. The number of aryl methyl sites for hydroxylation is 1. The average molecular weight is 408 g/mol. The van der Waals surface area contributed by atoms with Crippen molar-refractivity contribution in [2.24, 2.45) is 0 Å². The number of hydrogen-bond donors (Lipinski definition) is 2. The molecule has 29 heavy (non-hydrogen) atoms. The number of benzene rings is 2. The van der Waals surface area contributed by atoms with Gasteiger partial charge in [-0.1, -0.05) is 29.8 Å². The van der Waals surface area contributed by atoms with Crippen molar-refractivity contribution in [1.82, 2.24) is 14.7 Å². The molecule has 2 aromatic heterocycles. The summed E-state index contributed by atoms with van der Waals surface area (Å²) in [7, 11) is -3.56. The standard InChI is InChI=1S/C21H20N4O3S/c1-15-8-10-16(11-9-15)29(26,27)23-13-12-22-20-17-5-2-3-6-18(17)24-21(25-20)19-7-4-14-28-19/h2-11,14,23H,12-13H2,1H3,(H,22,24,25). The Labute approximate surface area is 168 Å². The van der Waals surface area contributed by atoms with Gasteiger partial charge in [-0.05, 0) is 43.3 Å². The monoisotopic (exact) mass is 408 g/mol. The van der Waals surface area contributed by atoms with E-state index in [2.05, 4.69) is 20.0 Å². The van der Waals surface area contributed by atoms with Gasteiger partial charge in [0.1, 0.15) is 5.82 Å². The highest BCUT2D eigenvalue weighted by Crippen LogP contribution is 2.24. The summed E-state index contributed by atoms with van der Waals surface area (Å²) in [6.07, 6.45) is 1.57. The lowest BCUT2D eigenvalue weighted by molar-refractivity contribution is 0.577. The molecule has 0 saturated carbocycles. The van der Waals surface area contributed by atoms with Crippen molar-refractivity contribution in [3.8, 4) is 11.6 Å². The number of hydrogen-bond acceptors (Lipinski definition) is 6. The third-order valence-electron chi connectivity index (χ3n) is 4.39. The molecule has 0 aliphatic carbocycles. The summed E-state index contributed by atoms with van der Waals surface area (Å²) in [6.45, 7) is 2.49. The summed E-state index contributed by atoms with van der Waals surface area (Å²) in [5.41, 5.74) is 1.78. The molecule has 0 radical (unpaired) electrons. The van der Waals surface area contributed by atoms with Gasteiger partial charge in [0.25, 0.3) is 0 Å². The molecule has 7 nitrogen and oxygen atoms in total. The fraction of sp³-hybridized carbons (Fsp3) is 0.143. The molecular weight excluding hydrogens is 388 g/mol. The van der Waals surface area contributed by atoms with Crippen LogP contribution in [0, 0.1) is 6.92 Å². The maximum Gasteiger partial charge on any atom is 0.240 e. The molecule has 0 aliphatic rings. The van der Waals surface area contributed by atoms with Crippen LogP contribution in [0.1, 0.15) is 5.56 Å². The molecule has 0 fully saturated rings. The zero-order chi connectivity index (χ0) is 20.3. The number of furan rings is 1. The van der Waals surface area contributed by atoms with Crippen LogP contribution in [0.25, 0.3) is 22.5 Å². The predicted octanol–water partition coefficient (Wildman–Crippen LogP) is 3.59. The molecule has 0 bridgehead atoms. The molecule has 4 aromatic rings. The summed E-state index contributed by atoms with van der Waals surface area (Å²) in [5.74, 6) is 1.66. The van der Waals surface area contributed by atoms with E-state index >= 15 is 0 Å². The van der Waals surface area contributed by atoms with E-state index in [1.165, 1.54) is 0 Å². The van der Waals surface area contributed by atoms with E-state index in [0.29, 0.717) is 23.9 Å². The van der Waals surface area contributed by atoms with Crippen LogP contribution in [0.4, 0.5) is 5.82 Å². The number of para-hydroxylation sites is 1. The Morgan fingerprint density at radius 2 is 1.72 bits per heavy atom. The van der Waals surface area contributed by atoms with Crippen LogP contribution < -0.4 is 10.0 Å². The lowest BCUT2D eigenvalue weighted by Crippen LogP contribution is -2.29. The molecule has 8 heteroatoms. The summed E-state index contributed by atoms with van der Waals surface area (Å²) >= 11 is 0. The molecule has 0 aliphatic heterocycles. The van der Waals surface area contributed by atoms with E-state index in [0.717, 1.165) is 16.5 Å². The summed E-state index contributed by atoms with van der Waals surface area (Å²) in [4.78, 5) is 9.33. The van der Waals surface area contributed by atoms with Crippen molar-refractivity contribution in [1.29, 1.82) is 0 Å². The lowest BCUT2D eigenvalue weighted by Gasteiger charge is -2.11. The SMILES string of the molecule is Cc1ccc(S(=O)(=O)NCCNc2nc(-c3ccco3)nc3ccccc23)cc1. The summed E-state index contributed by atoms with van der Waals surface area (Å²) in [5, 5.41) is 4.05. The smallest absolute Gasteiger partial charge is 0.240 e. The molecule has 0 saturated heterocycles. The summed E-state index contributed by atoms with van der Waals surface area (Å²) < 4.78 is 32.8. The molecule has 148 valence electrons. The van der Waals surface area contributed by atoms with Gasteiger partial charge < -0.3 is 9.73 Å². The van der Waals surface area contributed by atoms with Crippen LogP contribution in [0.5, 0.6) is 0 Å². The van der Waals surface area contributed by atoms with E-state index in [4.69, 9.17) is 4.42 Å². The maximum atomic E-state index is 12.4. The number of fused-ring (bicyclic) bond motifs is 1. The third kappa shape index (κ3) is 4.28. The minimum atomic E-state index is -3.56. The molecule has 0 amide bonds. The van der Waals surface area contributed by atoms with Gasteiger partial charge in [0, 0.05) is 18.5 Å². The van der Waals surface area contributed by atoms with Crippen LogP contribution in [-0.4, -0.2) is 31.5 Å². The predicted molar refractivity (Wildman–Crippen MR) is 112 cm³/mol. The Balaban J connectivity index is 1.49. The highest BCUT2D eigenvalue weighted by molar-refractivity contribution is 7.89. The van der Waals surface area contributed by atoms with Gasteiger partial charge in [-0.3, -0.25) is 0 Å². The van der Waals surface area contributed by atoms with Crippen molar-refractivity contribution < 1.29 is 12.8 Å². The first kappa shape index (κ1) is 19.1. The second kappa shape index (κ2) is 8.02. The van der Waals surface area contributed by atoms with Crippen molar-refractivity contribution in [3.05, 3.63) is 72.5 Å². The van der Waals surface area contributed by atoms with Crippen LogP contribution >= 0.6 is 0 Å². The van der Waals surface area contributed by atoms with Gasteiger partial charge >= 0.3 is 0 Å². The average Bonchev–Trinajstić information content (AvgIpc) is 3.26. The fourth-order valence-electron chi connectivity index (χ4n) is 2.89. The zero-order valence-corrected chi connectivity index (χ0v) is 16.6. The Morgan fingerprint density at radius 3 is 2.48 bits per heavy atom.